The Hall–Kier alpha value is -1.50. The molecule has 0 aliphatic rings. The van der Waals surface area contributed by atoms with Crippen molar-refractivity contribution >= 4 is 21.9 Å². The first-order valence-corrected chi connectivity index (χ1v) is 5.35. The molecule has 0 radical (unpaired) electrons. The van der Waals surface area contributed by atoms with Crippen LogP contribution in [0, 0.1) is 0 Å². The quantitative estimate of drug-likeness (QED) is 0.879. The zero-order valence-electron chi connectivity index (χ0n) is 8.37. The van der Waals surface area contributed by atoms with Gasteiger partial charge in [0.15, 0.2) is 0 Å². The number of rotatable bonds is 1. The van der Waals surface area contributed by atoms with Gasteiger partial charge in [0.05, 0.1) is 5.56 Å². The summed E-state index contributed by atoms with van der Waals surface area (Å²) in [6.45, 7) is 0. The minimum atomic E-state index is -4.33. The van der Waals surface area contributed by atoms with Crippen molar-refractivity contribution in [3.05, 3.63) is 40.6 Å². The van der Waals surface area contributed by atoms with Gasteiger partial charge in [-0.3, -0.25) is 4.57 Å². The van der Waals surface area contributed by atoms with Crippen molar-refractivity contribution in [2.75, 3.05) is 5.73 Å². The van der Waals surface area contributed by atoms with E-state index in [2.05, 4.69) is 20.9 Å². The molecule has 0 fully saturated rings. The molecule has 0 amide bonds. The van der Waals surface area contributed by atoms with Crippen LogP contribution in [0.4, 0.5) is 19.1 Å². The number of hydrogen-bond acceptors (Lipinski definition) is 2. The van der Waals surface area contributed by atoms with Crippen LogP contribution in [0.15, 0.2) is 35.1 Å². The summed E-state index contributed by atoms with van der Waals surface area (Å²) >= 11 is 3.13. The van der Waals surface area contributed by atoms with Crippen LogP contribution in [0.25, 0.3) is 5.69 Å². The first kappa shape index (κ1) is 12.0. The summed E-state index contributed by atoms with van der Waals surface area (Å²) in [6.07, 6.45) is -2.75. The Bertz CT molecular complexity index is 531. The van der Waals surface area contributed by atoms with E-state index < -0.39 is 11.7 Å². The monoisotopic (exact) mass is 305 g/mol. The second-order valence-electron chi connectivity index (χ2n) is 3.34. The van der Waals surface area contributed by atoms with Gasteiger partial charge in [0.1, 0.15) is 4.60 Å². The number of nitrogens with zero attached hydrogens (tertiary/aromatic N) is 2. The Morgan fingerprint density at radius 2 is 1.76 bits per heavy atom. The normalized spacial score (nSPS) is 11.8. The fourth-order valence-corrected chi connectivity index (χ4v) is 1.77. The molecule has 3 nitrogen and oxygen atoms in total. The lowest BCUT2D eigenvalue weighted by molar-refractivity contribution is -0.137. The smallest absolute Gasteiger partial charge is 0.369 e. The predicted molar refractivity (Wildman–Crippen MR) is 60.7 cm³/mol. The number of nitrogen functional groups attached to an aromatic ring is 1. The average molecular weight is 306 g/mol. The molecule has 1 heterocycles. The molecular weight excluding hydrogens is 299 g/mol. The Morgan fingerprint density at radius 1 is 1.18 bits per heavy atom. The topological polar surface area (TPSA) is 43.8 Å². The lowest BCUT2D eigenvalue weighted by atomic mass is 10.2. The van der Waals surface area contributed by atoms with Crippen LogP contribution in [0.3, 0.4) is 0 Å². The number of nitrogens with two attached hydrogens (primary N) is 1. The van der Waals surface area contributed by atoms with E-state index in [0.29, 0.717) is 10.3 Å². The average Bonchev–Trinajstić information content (AvgIpc) is 2.57. The van der Waals surface area contributed by atoms with Gasteiger partial charge in [-0.25, -0.2) is 4.98 Å². The van der Waals surface area contributed by atoms with Crippen LogP contribution < -0.4 is 5.73 Å². The summed E-state index contributed by atoms with van der Waals surface area (Å²) in [5.74, 6) is 0.205. The standard InChI is InChI=1S/C10H7BrF3N3/c11-8-5-17(9(15)16-8)7-3-1-6(2-4-7)10(12,13)14/h1-5H,(H2,15,16). The van der Waals surface area contributed by atoms with Crippen molar-refractivity contribution in [2.45, 2.75) is 6.18 Å². The maximum absolute atomic E-state index is 12.4. The van der Waals surface area contributed by atoms with Crippen LogP contribution in [0.2, 0.25) is 0 Å². The SMILES string of the molecule is Nc1nc(Br)cn1-c1ccc(C(F)(F)F)cc1. The number of hydrogen-bond donors (Lipinski definition) is 1. The van der Waals surface area contributed by atoms with Crippen LogP contribution in [-0.4, -0.2) is 9.55 Å². The lowest BCUT2D eigenvalue weighted by Crippen LogP contribution is -2.05. The van der Waals surface area contributed by atoms with E-state index in [9.17, 15) is 13.2 Å². The Labute approximate surface area is 103 Å². The van der Waals surface area contributed by atoms with Gasteiger partial charge in [-0.1, -0.05) is 0 Å². The summed E-state index contributed by atoms with van der Waals surface area (Å²) < 4.78 is 39.1. The summed E-state index contributed by atoms with van der Waals surface area (Å²) in [6, 6.07) is 4.69. The van der Waals surface area contributed by atoms with Crippen molar-refractivity contribution in [3.8, 4) is 5.69 Å². The number of benzene rings is 1. The van der Waals surface area contributed by atoms with Crippen LogP contribution in [-0.2, 0) is 6.18 Å². The molecule has 2 rings (SSSR count). The van der Waals surface area contributed by atoms with Gasteiger partial charge in [0.25, 0.3) is 0 Å². The second kappa shape index (κ2) is 4.06. The zero-order chi connectivity index (χ0) is 12.6. The third-order valence-corrected chi connectivity index (χ3v) is 2.56. The number of alkyl halides is 3. The maximum atomic E-state index is 12.4. The minimum absolute atomic E-state index is 0.205. The van der Waals surface area contributed by atoms with Gasteiger partial charge in [0, 0.05) is 11.9 Å². The van der Waals surface area contributed by atoms with Crippen molar-refractivity contribution < 1.29 is 13.2 Å². The van der Waals surface area contributed by atoms with Gasteiger partial charge >= 0.3 is 6.18 Å². The first-order valence-electron chi connectivity index (χ1n) is 4.56. The van der Waals surface area contributed by atoms with Crippen molar-refractivity contribution in [3.63, 3.8) is 0 Å². The number of halogens is 4. The van der Waals surface area contributed by atoms with Gasteiger partial charge in [0.2, 0.25) is 5.95 Å². The number of anilines is 1. The molecule has 17 heavy (non-hydrogen) atoms. The van der Waals surface area contributed by atoms with E-state index in [1.807, 2.05) is 0 Å². The highest BCUT2D eigenvalue weighted by Crippen LogP contribution is 2.30. The molecule has 0 saturated carbocycles. The molecule has 1 aromatic carbocycles. The molecule has 0 atom stereocenters. The maximum Gasteiger partial charge on any atom is 0.416 e. The molecule has 1 aromatic heterocycles. The van der Waals surface area contributed by atoms with Gasteiger partial charge in [-0.15, -0.1) is 0 Å². The molecule has 0 bridgehead atoms. The van der Waals surface area contributed by atoms with Crippen molar-refractivity contribution in [1.82, 2.24) is 9.55 Å². The van der Waals surface area contributed by atoms with E-state index in [-0.39, 0.29) is 5.95 Å². The Morgan fingerprint density at radius 3 is 2.18 bits per heavy atom. The summed E-state index contributed by atoms with van der Waals surface area (Å²) in [4.78, 5) is 3.89. The van der Waals surface area contributed by atoms with Crippen LogP contribution >= 0.6 is 15.9 Å². The zero-order valence-corrected chi connectivity index (χ0v) is 9.96. The molecule has 0 spiro atoms. The lowest BCUT2D eigenvalue weighted by Gasteiger charge is -2.08. The molecule has 0 unspecified atom stereocenters. The van der Waals surface area contributed by atoms with Crippen molar-refractivity contribution in [1.29, 1.82) is 0 Å². The highest BCUT2D eigenvalue weighted by Gasteiger charge is 2.30. The van der Waals surface area contributed by atoms with Gasteiger partial charge in [-0.2, -0.15) is 13.2 Å². The highest BCUT2D eigenvalue weighted by molar-refractivity contribution is 9.10. The Balaban J connectivity index is 2.39. The highest BCUT2D eigenvalue weighted by atomic mass is 79.9. The summed E-state index contributed by atoms with van der Waals surface area (Å²) in [7, 11) is 0. The number of aromatic nitrogens is 2. The van der Waals surface area contributed by atoms with Gasteiger partial charge < -0.3 is 5.73 Å². The molecule has 0 saturated heterocycles. The Kier molecular flexibility index (Phi) is 2.86. The van der Waals surface area contributed by atoms with E-state index in [1.54, 1.807) is 6.20 Å². The van der Waals surface area contributed by atoms with E-state index in [1.165, 1.54) is 16.7 Å². The largest absolute Gasteiger partial charge is 0.416 e. The second-order valence-corrected chi connectivity index (χ2v) is 4.15. The molecule has 0 aliphatic heterocycles. The fraction of sp³-hybridized carbons (Fsp3) is 0.100. The number of imidazole rings is 1. The molecule has 90 valence electrons. The third kappa shape index (κ3) is 2.44. The summed E-state index contributed by atoms with van der Waals surface area (Å²) in [5, 5.41) is 0. The first-order chi connectivity index (χ1) is 7.88. The van der Waals surface area contributed by atoms with Crippen LogP contribution in [0.5, 0.6) is 0 Å². The fourth-order valence-electron chi connectivity index (χ4n) is 1.38. The molecule has 7 heteroatoms. The molecule has 2 N–H and O–H groups in total. The molecule has 0 aliphatic carbocycles. The van der Waals surface area contributed by atoms with E-state index in [4.69, 9.17) is 5.73 Å². The molecule has 2 aromatic rings. The molecular formula is C10H7BrF3N3. The van der Waals surface area contributed by atoms with Gasteiger partial charge in [-0.05, 0) is 40.2 Å². The van der Waals surface area contributed by atoms with E-state index in [0.717, 1.165) is 12.1 Å². The van der Waals surface area contributed by atoms with E-state index >= 15 is 0 Å². The summed E-state index contributed by atoms with van der Waals surface area (Å²) in [5.41, 5.74) is 5.42. The van der Waals surface area contributed by atoms with Crippen molar-refractivity contribution in [2.24, 2.45) is 0 Å². The minimum Gasteiger partial charge on any atom is -0.369 e. The predicted octanol–water partition coefficient (Wildman–Crippen LogP) is 3.24. The van der Waals surface area contributed by atoms with Crippen LogP contribution in [0.1, 0.15) is 5.56 Å². The third-order valence-electron chi connectivity index (χ3n) is 2.18.